The van der Waals surface area contributed by atoms with Crippen molar-refractivity contribution in [2.24, 2.45) is 5.92 Å². The van der Waals surface area contributed by atoms with Crippen LogP contribution < -0.4 is 10.6 Å². The molecule has 19 heavy (non-hydrogen) atoms. The molecule has 0 spiro atoms. The number of nitrogens with zero attached hydrogens (tertiary/aromatic N) is 1. The summed E-state index contributed by atoms with van der Waals surface area (Å²) in [5.41, 5.74) is 2.35. The van der Waals surface area contributed by atoms with Crippen LogP contribution in [0.15, 0.2) is 6.20 Å². The van der Waals surface area contributed by atoms with Crippen molar-refractivity contribution in [1.29, 1.82) is 0 Å². The number of carbonyl (C=O) groups excluding carboxylic acids is 1. The van der Waals surface area contributed by atoms with Crippen LogP contribution in [0.1, 0.15) is 37.4 Å². The molecule has 1 fully saturated rings. The third kappa shape index (κ3) is 4.06. The number of hydrogen-bond donors (Lipinski definition) is 3. The van der Waals surface area contributed by atoms with Gasteiger partial charge in [-0.25, -0.2) is 0 Å². The Morgan fingerprint density at radius 1 is 1.53 bits per heavy atom. The molecule has 1 aliphatic heterocycles. The molecule has 1 aromatic heterocycles. The highest BCUT2D eigenvalue weighted by Crippen LogP contribution is 2.13. The molecule has 0 saturated carbocycles. The van der Waals surface area contributed by atoms with Crippen LogP contribution >= 0.6 is 0 Å². The fraction of sp³-hybridized carbons (Fsp3) is 0.714. The zero-order chi connectivity index (χ0) is 13.7. The molecule has 0 aromatic carbocycles. The van der Waals surface area contributed by atoms with Crippen LogP contribution in [0.25, 0.3) is 0 Å². The Hall–Kier alpha value is -1.36. The van der Waals surface area contributed by atoms with Gasteiger partial charge >= 0.3 is 0 Å². The number of hydrogen-bond acceptors (Lipinski definition) is 3. The fourth-order valence-corrected chi connectivity index (χ4v) is 2.46. The van der Waals surface area contributed by atoms with Gasteiger partial charge in [-0.05, 0) is 50.6 Å². The number of nitrogens with one attached hydrogen (secondary N) is 3. The van der Waals surface area contributed by atoms with E-state index in [-0.39, 0.29) is 11.9 Å². The van der Waals surface area contributed by atoms with Gasteiger partial charge in [0, 0.05) is 12.2 Å². The Morgan fingerprint density at radius 3 is 3.00 bits per heavy atom. The van der Waals surface area contributed by atoms with Gasteiger partial charge in [-0.15, -0.1) is 0 Å². The first-order chi connectivity index (χ1) is 9.16. The van der Waals surface area contributed by atoms with Crippen molar-refractivity contribution in [2.75, 3.05) is 13.1 Å². The predicted octanol–water partition coefficient (Wildman–Crippen LogP) is 1.16. The van der Waals surface area contributed by atoms with E-state index >= 15 is 0 Å². The van der Waals surface area contributed by atoms with Crippen molar-refractivity contribution >= 4 is 5.91 Å². The zero-order valence-electron chi connectivity index (χ0n) is 11.8. The van der Waals surface area contributed by atoms with Crippen molar-refractivity contribution in [1.82, 2.24) is 20.8 Å². The number of aryl methyl sites for hydroxylation is 2. The molecule has 2 rings (SSSR count). The van der Waals surface area contributed by atoms with Crippen molar-refractivity contribution in [3.8, 4) is 0 Å². The second-order valence-corrected chi connectivity index (χ2v) is 5.56. The van der Waals surface area contributed by atoms with Crippen LogP contribution in [0.2, 0.25) is 0 Å². The lowest BCUT2D eigenvalue weighted by Crippen LogP contribution is -2.48. The summed E-state index contributed by atoms with van der Waals surface area (Å²) < 4.78 is 0. The van der Waals surface area contributed by atoms with E-state index < -0.39 is 0 Å². The third-order valence-corrected chi connectivity index (χ3v) is 3.83. The number of carbonyl (C=O) groups is 1. The molecular formula is C14H24N4O. The Kier molecular flexibility index (Phi) is 4.96. The molecule has 2 unspecified atom stereocenters. The monoisotopic (exact) mass is 264 g/mol. The molecule has 1 aliphatic rings. The molecule has 0 bridgehead atoms. The number of aromatic nitrogens is 2. The summed E-state index contributed by atoms with van der Waals surface area (Å²) in [6.45, 7) is 5.92. The van der Waals surface area contributed by atoms with Crippen molar-refractivity contribution in [2.45, 2.75) is 45.6 Å². The summed E-state index contributed by atoms with van der Waals surface area (Å²) >= 11 is 0. The lowest BCUT2D eigenvalue weighted by molar-refractivity contribution is -0.123. The highest BCUT2D eigenvalue weighted by Gasteiger charge is 2.22. The van der Waals surface area contributed by atoms with Gasteiger partial charge in [0.15, 0.2) is 0 Å². The van der Waals surface area contributed by atoms with Gasteiger partial charge in [0.1, 0.15) is 0 Å². The van der Waals surface area contributed by atoms with E-state index in [4.69, 9.17) is 0 Å². The number of piperidine rings is 1. The number of H-pyrrole nitrogens is 1. The topological polar surface area (TPSA) is 69.8 Å². The standard InChI is InChI=1S/C14H24N4O/c1-10-5-6-13(16-8-10)14(19)15-7-3-4-12-9-17-18-11(12)2/h9-10,13,16H,3-8H2,1-2H3,(H,15,19)(H,17,18). The summed E-state index contributed by atoms with van der Waals surface area (Å²) in [6, 6.07) is 0.00635. The molecule has 0 radical (unpaired) electrons. The van der Waals surface area contributed by atoms with Gasteiger partial charge in [-0.3, -0.25) is 9.89 Å². The second kappa shape index (κ2) is 6.70. The van der Waals surface area contributed by atoms with Gasteiger partial charge in [0.2, 0.25) is 5.91 Å². The number of rotatable bonds is 5. The molecule has 5 heteroatoms. The quantitative estimate of drug-likeness (QED) is 0.699. The average molecular weight is 264 g/mol. The largest absolute Gasteiger partial charge is 0.355 e. The van der Waals surface area contributed by atoms with Crippen LogP contribution in [0.4, 0.5) is 0 Å². The molecule has 5 nitrogen and oxygen atoms in total. The van der Waals surface area contributed by atoms with E-state index in [2.05, 4.69) is 27.8 Å². The SMILES string of the molecule is Cc1[nH]ncc1CCCNC(=O)C1CCC(C)CN1. The van der Waals surface area contributed by atoms with Gasteiger partial charge < -0.3 is 10.6 Å². The fourth-order valence-electron chi connectivity index (χ4n) is 2.46. The molecule has 2 atom stereocenters. The summed E-state index contributed by atoms with van der Waals surface area (Å²) in [5.74, 6) is 0.837. The van der Waals surface area contributed by atoms with Crippen molar-refractivity contribution < 1.29 is 4.79 Å². The molecule has 0 aliphatic carbocycles. The lowest BCUT2D eigenvalue weighted by Gasteiger charge is -2.26. The minimum atomic E-state index is 0.00635. The summed E-state index contributed by atoms with van der Waals surface area (Å²) in [7, 11) is 0. The average Bonchev–Trinajstić information content (AvgIpc) is 2.81. The molecule has 1 saturated heterocycles. The van der Waals surface area contributed by atoms with E-state index in [9.17, 15) is 4.79 Å². The zero-order valence-corrected chi connectivity index (χ0v) is 11.8. The highest BCUT2D eigenvalue weighted by atomic mass is 16.2. The summed E-state index contributed by atoms with van der Waals surface area (Å²) in [4.78, 5) is 11.9. The van der Waals surface area contributed by atoms with Crippen molar-refractivity contribution in [3.05, 3.63) is 17.5 Å². The van der Waals surface area contributed by atoms with E-state index in [1.54, 1.807) is 0 Å². The normalized spacial score (nSPS) is 23.3. The number of aromatic amines is 1. The minimum Gasteiger partial charge on any atom is -0.355 e. The van der Waals surface area contributed by atoms with Crippen LogP contribution in [-0.4, -0.2) is 35.2 Å². The van der Waals surface area contributed by atoms with Gasteiger partial charge in [-0.2, -0.15) is 5.10 Å². The minimum absolute atomic E-state index is 0.00635. The maximum absolute atomic E-state index is 11.9. The maximum atomic E-state index is 11.9. The van der Waals surface area contributed by atoms with Crippen LogP contribution in [-0.2, 0) is 11.2 Å². The molecule has 1 aromatic rings. The number of amides is 1. The first kappa shape index (κ1) is 14.1. The second-order valence-electron chi connectivity index (χ2n) is 5.56. The van der Waals surface area contributed by atoms with Crippen LogP contribution in [0.5, 0.6) is 0 Å². The van der Waals surface area contributed by atoms with Crippen LogP contribution in [0.3, 0.4) is 0 Å². The van der Waals surface area contributed by atoms with Gasteiger partial charge in [0.05, 0.1) is 12.2 Å². The van der Waals surface area contributed by atoms with Crippen molar-refractivity contribution in [3.63, 3.8) is 0 Å². The maximum Gasteiger partial charge on any atom is 0.237 e. The smallest absolute Gasteiger partial charge is 0.237 e. The highest BCUT2D eigenvalue weighted by molar-refractivity contribution is 5.81. The van der Waals surface area contributed by atoms with Crippen LogP contribution in [0, 0.1) is 12.8 Å². The predicted molar refractivity (Wildman–Crippen MR) is 74.8 cm³/mol. The van der Waals surface area contributed by atoms with E-state index in [0.29, 0.717) is 5.92 Å². The molecule has 106 valence electrons. The first-order valence-electron chi connectivity index (χ1n) is 7.16. The van der Waals surface area contributed by atoms with Gasteiger partial charge in [-0.1, -0.05) is 6.92 Å². The lowest BCUT2D eigenvalue weighted by atomic mass is 9.96. The van der Waals surface area contributed by atoms with E-state index in [1.807, 2.05) is 13.1 Å². The molecule has 1 amide bonds. The molecule has 3 N–H and O–H groups in total. The van der Waals surface area contributed by atoms with Gasteiger partial charge in [0.25, 0.3) is 0 Å². The molecular weight excluding hydrogens is 240 g/mol. The molecule has 2 heterocycles. The Labute approximate surface area is 114 Å². The van der Waals surface area contributed by atoms with E-state index in [0.717, 1.165) is 44.5 Å². The Bertz CT molecular complexity index is 407. The summed E-state index contributed by atoms with van der Waals surface area (Å²) in [5, 5.41) is 13.2. The summed E-state index contributed by atoms with van der Waals surface area (Å²) in [6.07, 6.45) is 5.86. The Balaban J connectivity index is 1.63. The first-order valence-corrected chi connectivity index (χ1v) is 7.16. The third-order valence-electron chi connectivity index (χ3n) is 3.83. The van der Waals surface area contributed by atoms with E-state index in [1.165, 1.54) is 5.56 Å². The Morgan fingerprint density at radius 2 is 2.37 bits per heavy atom.